The monoisotopic (exact) mass is 479 g/mol. The maximum Gasteiger partial charge on any atom is 0.414 e. The van der Waals surface area contributed by atoms with Gasteiger partial charge in [-0.15, -0.1) is 0 Å². The molecule has 0 fully saturated rings. The lowest BCUT2D eigenvalue weighted by atomic mass is 9.98. The second kappa shape index (κ2) is 10.1. The van der Waals surface area contributed by atoms with Crippen molar-refractivity contribution >= 4 is 29.8 Å². The summed E-state index contributed by atoms with van der Waals surface area (Å²) in [4.78, 5) is 47.2. The third kappa shape index (κ3) is 5.13. The van der Waals surface area contributed by atoms with Gasteiger partial charge < -0.3 is 24.4 Å². The summed E-state index contributed by atoms with van der Waals surface area (Å²) in [5, 5.41) is 17.2. The molecule has 11 heteroatoms. The smallest absolute Gasteiger partial charge is 0.414 e. The molecule has 180 valence electrons. The first-order valence-corrected chi connectivity index (χ1v) is 10.6. The number of amides is 2. The zero-order chi connectivity index (χ0) is 24.9. The molecular weight excluding hydrogens is 458 g/mol. The van der Waals surface area contributed by atoms with Gasteiger partial charge in [-0.3, -0.25) is 14.9 Å². The van der Waals surface area contributed by atoms with Crippen molar-refractivity contribution in [2.24, 2.45) is 0 Å². The second-order valence-electron chi connectivity index (χ2n) is 7.67. The van der Waals surface area contributed by atoms with Crippen LogP contribution in [0, 0.1) is 0 Å². The third-order valence-corrected chi connectivity index (χ3v) is 5.51. The summed E-state index contributed by atoms with van der Waals surface area (Å²) in [6, 6.07) is 15.4. The number of carboxylic acids is 1. The fraction of sp³-hybridized carbons (Fsp3) is 0.208. The number of methoxy groups -OCH3 is 1. The Labute approximate surface area is 199 Å². The number of nitrogens with zero attached hydrogens (tertiary/aromatic N) is 1. The topological polar surface area (TPSA) is 157 Å². The summed E-state index contributed by atoms with van der Waals surface area (Å²) in [6.45, 7) is 0.0785. The summed E-state index contributed by atoms with van der Waals surface area (Å²) < 4.78 is 14.7. The van der Waals surface area contributed by atoms with Gasteiger partial charge in [0.1, 0.15) is 12.6 Å². The SMILES string of the molecule is COC(=O)C[C@H](NC(=O)c1cc(NC(=O)OCC2c3ccccc3-c3ccccc32)on1)C(=O)O. The van der Waals surface area contributed by atoms with E-state index in [1.165, 1.54) is 0 Å². The number of benzene rings is 2. The molecular formula is C24H21N3O8. The minimum absolute atomic E-state index is 0.0785. The quantitative estimate of drug-likeness (QED) is 0.413. The van der Waals surface area contributed by atoms with Crippen LogP contribution in [0.2, 0.25) is 0 Å². The number of carbonyl (C=O) groups excluding carboxylic acids is 3. The van der Waals surface area contributed by atoms with Crippen molar-refractivity contribution in [1.82, 2.24) is 10.5 Å². The van der Waals surface area contributed by atoms with Crippen molar-refractivity contribution in [3.8, 4) is 11.1 Å². The molecule has 0 saturated carbocycles. The highest BCUT2D eigenvalue weighted by atomic mass is 16.6. The van der Waals surface area contributed by atoms with Crippen LogP contribution in [-0.4, -0.2) is 54.0 Å². The van der Waals surface area contributed by atoms with E-state index in [0.717, 1.165) is 35.4 Å². The highest BCUT2D eigenvalue weighted by Crippen LogP contribution is 2.44. The largest absolute Gasteiger partial charge is 0.480 e. The number of fused-ring (bicyclic) bond motifs is 3. The van der Waals surface area contributed by atoms with Gasteiger partial charge in [0.15, 0.2) is 5.69 Å². The van der Waals surface area contributed by atoms with E-state index in [-0.39, 0.29) is 24.1 Å². The first-order chi connectivity index (χ1) is 16.9. The lowest BCUT2D eigenvalue weighted by Crippen LogP contribution is -2.42. The number of aliphatic carboxylic acids is 1. The van der Waals surface area contributed by atoms with E-state index in [4.69, 9.17) is 14.4 Å². The van der Waals surface area contributed by atoms with E-state index >= 15 is 0 Å². The summed E-state index contributed by atoms with van der Waals surface area (Å²) in [5.74, 6) is -3.45. The van der Waals surface area contributed by atoms with Crippen LogP contribution in [0.15, 0.2) is 59.1 Å². The van der Waals surface area contributed by atoms with Gasteiger partial charge in [-0.25, -0.2) is 9.59 Å². The van der Waals surface area contributed by atoms with Crippen molar-refractivity contribution in [1.29, 1.82) is 0 Å². The normalized spacial score (nSPS) is 12.7. The number of esters is 1. The van der Waals surface area contributed by atoms with Gasteiger partial charge >= 0.3 is 18.0 Å². The van der Waals surface area contributed by atoms with Crippen LogP contribution >= 0.6 is 0 Å². The molecule has 0 radical (unpaired) electrons. The molecule has 1 atom stereocenters. The second-order valence-corrected chi connectivity index (χ2v) is 7.67. The van der Waals surface area contributed by atoms with Crippen LogP contribution in [0.1, 0.15) is 34.0 Å². The fourth-order valence-corrected chi connectivity index (χ4v) is 3.86. The van der Waals surface area contributed by atoms with Gasteiger partial charge in [0.05, 0.1) is 13.5 Å². The average molecular weight is 479 g/mol. The Morgan fingerprint density at radius 2 is 1.69 bits per heavy atom. The number of aromatic nitrogens is 1. The van der Waals surface area contributed by atoms with Crippen molar-refractivity contribution in [3.63, 3.8) is 0 Å². The molecule has 2 amide bonds. The Morgan fingerprint density at radius 3 is 2.29 bits per heavy atom. The predicted octanol–water partition coefficient (Wildman–Crippen LogP) is 2.78. The van der Waals surface area contributed by atoms with Crippen LogP contribution < -0.4 is 10.6 Å². The highest BCUT2D eigenvalue weighted by Gasteiger charge is 2.29. The number of ether oxygens (including phenoxy) is 2. The first-order valence-electron chi connectivity index (χ1n) is 10.6. The molecule has 11 nitrogen and oxygen atoms in total. The number of hydrogen-bond acceptors (Lipinski definition) is 8. The molecule has 1 heterocycles. The Bertz CT molecular complexity index is 1240. The Morgan fingerprint density at radius 1 is 1.06 bits per heavy atom. The summed E-state index contributed by atoms with van der Waals surface area (Å²) in [6.07, 6.45) is -1.38. The number of carboxylic acid groups (broad SMARTS) is 1. The molecule has 0 bridgehead atoms. The summed E-state index contributed by atoms with van der Waals surface area (Å²) in [7, 11) is 1.10. The molecule has 1 aliphatic rings. The molecule has 3 aromatic rings. The van der Waals surface area contributed by atoms with Crippen LogP contribution in [0.4, 0.5) is 10.7 Å². The molecule has 0 saturated heterocycles. The lowest BCUT2D eigenvalue weighted by molar-refractivity contribution is -0.147. The molecule has 0 spiro atoms. The molecule has 1 aromatic heterocycles. The minimum Gasteiger partial charge on any atom is -0.480 e. The Hall–Kier alpha value is -4.67. The van der Waals surface area contributed by atoms with Crippen molar-refractivity contribution in [3.05, 3.63) is 71.4 Å². The van der Waals surface area contributed by atoms with Crippen molar-refractivity contribution in [2.45, 2.75) is 18.4 Å². The fourth-order valence-electron chi connectivity index (χ4n) is 3.86. The molecule has 3 N–H and O–H groups in total. The first kappa shape index (κ1) is 23.5. The van der Waals surface area contributed by atoms with E-state index in [1.807, 2.05) is 48.5 Å². The van der Waals surface area contributed by atoms with Crippen LogP contribution in [0.3, 0.4) is 0 Å². The van der Waals surface area contributed by atoms with Crippen LogP contribution in [-0.2, 0) is 19.1 Å². The van der Waals surface area contributed by atoms with E-state index < -0.39 is 36.4 Å². The van der Waals surface area contributed by atoms with E-state index in [0.29, 0.717) is 0 Å². The number of rotatable bonds is 8. The Kier molecular flexibility index (Phi) is 6.76. The molecule has 4 rings (SSSR count). The molecule has 35 heavy (non-hydrogen) atoms. The van der Waals surface area contributed by atoms with Gasteiger partial charge in [0.2, 0.25) is 5.88 Å². The zero-order valence-corrected chi connectivity index (χ0v) is 18.5. The van der Waals surface area contributed by atoms with Gasteiger partial charge in [-0.2, -0.15) is 0 Å². The number of hydrogen-bond donors (Lipinski definition) is 3. The summed E-state index contributed by atoms with van der Waals surface area (Å²) in [5.41, 5.74) is 4.00. The lowest BCUT2D eigenvalue weighted by Gasteiger charge is -2.14. The Balaban J connectivity index is 1.35. The zero-order valence-electron chi connectivity index (χ0n) is 18.5. The predicted molar refractivity (Wildman–Crippen MR) is 121 cm³/mol. The van der Waals surface area contributed by atoms with Gasteiger partial charge in [0.25, 0.3) is 5.91 Å². The van der Waals surface area contributed by atoms with E-state index in [1.54, 1.807) is 0 Å². The van der Waals surface area contributed by atoms with E-state index in [9.17, 15) is 19.2 Å². The molecule has 0 aliphatic heterocycles. The average Bonchev–Trinajstić information content (AvgIpc) is 3.45. The van der Waals surface area contributed by atoms with Crippen molar-refractivity contribution < 1.29 is 38.3 Å². The standard InChI is InChI=1S/C24H21N3O8/c1-33-21(28)11-19(23(30)31)25-22(29)18-10-20(35-27-18)26-24(32)34-12-17-15-8-4-2-6-13(15)14-7-3-5-9-16(14)17/h2-10,17,19H,11-12H2,1H3,(H,25,29)(H,26,32)(H,30,31)/t19-/m0/s1. The van der Waals surface area contributed by atoms with Gasteiger partial charge in [0, 0.05) is 12.0 Å². The molecule has 2 aromatic carbocycles. The number of nitrogens with one attached hydrogen (secondary N) is 2. The molecule has 1 aliphatic carbocycles. The summed E-state index contributed by atoms with van der Waals surface area (Å²) >= 11 is 0. The van der Waals surface area contributed by atoms with Gasteiger partial charge in [-0.1, -0.05) is 53.7 Å². The maximum absolute atomic E-state index is 12.3. The number of carbonyl (C=O) groups is 4. The van der Waals surface area contributed by atoms with E-state index in [2.05, 4.69) is 20.5 Å². The third-order valence-electron chi connectivity index (χ3n) is 5.51. The highest BCUT2D eigenvalue weighted by molar-refractivity contribution is 5.97. The maximum atomic E-state index is 12.3. The van der Waals surface area contributed by atoms with Crippen molar-refractivity contribution in [2.75, 3.05) is 19.0 Å². The van der Waals surface area contributed by atoms with Crippen LogP contribution in [0.5, 0.6) is 0 Å². The minimum atomic E-state index is -1.52. The molecule has 0 unspecified atom stereocenters. The van der Waals surface area contributed by atoms with Crippen LogP contribution in [0.25, 0.3) is 11.1 Å². The van der Waals surface area contributed by atoms with Gasteiger partial charge in [-0.05, 0) is 22.3 Å². The number of anilines is 1.